The van der Waals surface area contributed by atoms with Gasteiger partial charge >= 0.3 is 5.97 Å². The third-order valence-corrected chi connectivity index (χ3v) is 3.92. The van der Waals surface area contributed by atoms with Gasteiger partial charge in [-0.05, 0) is 38.3 Å². The molecular weight excluding hydrogens is 294 g/mol. The molecule has 0 aromatic carbocycles. The van der Waals surface area contributed by atoms with E-state index < -0.39 is 5.97 Å². The van der Waals surface area contributed by atoms with Gasteiger partial charge in [0.1, 0.15) is 5.56 Å². The lowest BCUT2D eigenvalue weighted by molar-refractivity contribution is -0.120. The first kappa shape index (κ1) is 15.3. The molecule has 1 aliphatic rings. The van der Waals surface area contributed by atoms with Crippen LogP contribution < -0.4 is 5.32 Å². The van der Waals surface area contributed by atoms with Crippen molar-refractivity contribution in [3.63, 3.8) is 0 Å². The van der Waals surface area contributed by atoms with Crippen LogP contribution >= 0.6 is 0 Å². The molecule has 1 N–H and O–H groups in total. The van der Waals surface area contributed by atoms with E-state index in [-0.39, 0.29) is 11.8 Å². The molecule has 0 spiro atoms. The third-order valence-electron chi connectivity index (χ3n) is 3.92. The Bertz CT molecular complexity index is 764. The van der Waals surface area contributed by atoms with Gasteiger partial charge in [0, 0.05) is 17.8 Å². The molecule has 1 amide bonds. The van der Waals surface area contributed by atoms with E-state index in [2.05, 4.69) is 16.5 Å². The van der Waals surface area contributed by atoms with E-state index in [0.717, 1.165) is 19.3 Å². The first-order chi connectivity index (χ1) is 11.2. The SMILES string of the molecule is CCOC(=O)c1cnn2ccc(NC(=O)[C@H]3CC=CCC3)cc12. The number of anilines is 1. The van der Waals surface area contributed by atoms with Gasteiger partial charge in [0.25, 0.3) is 0 Å². The van der Waals surface area contributed by atoms with Crippen molar-refractivity contribution in [3.8, 4) is 0 Å². The van der Waals surface area contributed by atoms with E-state index in [4.69, 9.17) is 4.74 Å². The molecule has 23 heavy (non-hydrogen) atoms. The van der Waals surface area contributed by atoms with Crippen molar-refractivity contribution >= 4 is 23.1 Å². The van der Waals surface area contributed by atoms with E-state index in [1.54, 1.807) is 29.8 Å². The van der Waals surface area contributed by atoms with E-state index in [9.17, 15) is 9.59 Å². The number of esters is 1. The topological polar surface area (TPSA) is 72.7 Å². The van der Waals surface area contributed by atoms with Crippen LogP contribution in [0.5, 0.6) is 0 Å². The number of pyridine rings is 1. The minimum Gasteiger partial charge on any atom is -0.462 e. The summed E-state index contributed by atoms with van der Waals surface area (Å²) in [5, 5.41) is 7.05. The number of allylic oxidation sites excluding steroid dienone is 2. The molecule has 2 aromatic rings. The molecule has 2 aromatic heterocycles. The van der Waals surface area contributed by atoms with Crippen molar-refractivity contribution in [2.75, 3.05) is 11.9 Å². The molecule has 0 unspecified atom stereocenters. The Balaban J connectivity index is 1.81. The zero-order valence-corrected chi connectivity index (χ0v) is 13.0. The van der Waals surface area contributed by atoms with E-state index in [1.807, 2.05) is 6.08 Å². The molecule has 0 saturated carbocycles. The summed E-state index contributed by atoms with van der Waals surface area (Å²) in [6, 6.07) is 3.52. The number of amides is 1. The van der Waals surface area contributed by atoms with Crippen LogP contribution in [0, 0.1) is 5.92 Å². The highest BCUT2D eigenvalue weighted by molar-refractivity contribution is 5.98. The molecule has 0 fully saturated rings. The maximum absolute atomic E-state index is 12.3. The molecule has 2 heterocycles. The molecule has 0 saturated heterocycles. The molecule has 6 heteroatoms. The highest BCUT2D eigenvalue weighted by atomic mass is 16.5. The van der Waals surface area contributed by atoms with E-state index in [1.165, 1.54) is 6.20 Å². The van der Waals surface area contributed by atoms with Gasteiger partial charge in [-0.15, -0.1) is 0 Å². The normalized spacial score (nSPS) is 17.2. The van der Waals surface area contributed by atoms with Crippen molar-refractivity contribution in [3.05, 3.63) is 42.2 Å². The van der Waals surface area contributed by atoms with Crippen LogP contribution in [-0.4, -0.2) is 28.1 Å². The first-order valence-corrected chi connectivity index (χ1v) is 7.79. The van der Waals surface area contributed by atoms with Crippen LogP contribution in [0.1, 0.15) is 36.5 Å². The molecule has 0 aliphatic heterocycles. The van der Waals surface area contributed by atoms with Crippen LogP contribution in [0.15, 0.2) is 36.7 Å². The summed E-state index contributed by atoms with van der Waals surface area (Å²) in [6.07, 6.45) is 9.92. The number of hydrogen-bond donors (Lipinski definition) is 1. The smallest absolute Gasteiger partial charge is 0.341 e. The van der Waals surface area contributed by atoms with Crippen molar-refractivity contribution in [2.24, 2.45) is 5.92 Å². The van der Waals surface area contributed by atoms with Crippen molar-refractivity contribution in [2.45, 2.75) is 26.2 Å². The number of aromatic nitrogens is 2. The van der Waals surface area contributed by atoms with Gasteiger partial charge in [0.05, 0.1) is 18.3 Å². The number of ether oxygens (including phenoxy) is 1. The quantitative estimate of drug-likeness (QED) is 0.696. The fourth-order valence-corrected chi connectivity index (χ4v) is 2.70. The monoisotopic (exact) mass is 313 g/mol. The highest BCUT2D eigenvalue weighted by Crippen LogP contribution is 2.22. The number of carbonyl (C=O) groups excluding carboxylic acids is 2. The summed E-state index contributed by atoms with van der Waals surface area (Å²) < 4.78 is 6.61. The zero-order valence-electron chi connectivity index (χ0n) is 13.0. The Morgan fingerprint density at radius 1 is 1.43 bits per heavy atom. The predicted molar refractivity (Wildman–Crippen MR) is 86.3 cm³/mol. The fraction of sp³-hybridized carbons (Fsp3) is 0.353. The van der Waals surface area contributed by atoms with Gasteiger partial charge in [-0.1, -0.05) is 12.2 Å². The number of nitrogens with zero attached hydrogens (tertiary/aromatic N) is 2. The molecule has 0 radical (unpaired) electrons. The zero-order chi connectivity index (χ0) is 16.2. The predicted octanol–water partition coefficient (Wildman–Crippen LogP) is 2.81. The lowest BCUT2D eigenvalue weighted by atomic mass is 9.93. The van der Waals surface area contributed by atoms with Crippen LogP contribution in [0.4, 0.5) is 5.69 Å². The number of rotatable bonds is 4. The summed E-state index contributed by atoms with van der Waals surface area (Å²) in [6.45, 7) is 2.07. The summed E-state index contributed by atoms with van der Waals surface area (Å²) in [7, 11) is 0. The maximum Gasteiger partial charge on any atom is 0.341 e. The van der Waals surface area contributed by atoms with Crippen LogP contribution in [0.2, 0.25) is 0 Å². The van der Waals surface area contributed by atoms with Crippen molar-refractivity contribution in [1.29, 1.82) is 0 Å². The first-order valence-electron chi connectivity index (χ1n) is 7.79. The summed E-state index contributed by atoms with van der Waals surface area (Å²) in [5.74, 6) is -0.398. The lowest BCUT2D eigenvalue weighted by Crippen LogP contribution is -2.23. The third kappa shape index (κ3) is 3.26. The van der Waals surface area contributed by atoms with E-state index in [0.29, 0.717) is 23.4 Å². The molecule has 1 aliphatic carbocycles. The van der Waals surface area contributed by atoms with Gasteiger partial charge < -0.3 is 10.1 Å². The number of nitrogens with one attached hydrogen (secondary N) is 1. The second-order valence-electron chi connectivity index (χ2n) is 5.49. The van der Waals surface area contributed by atoms with Crippen LogP contribution in [0.25, 0.3) is 5.52 Å². The van der Waals surface area contributed by atoms with Crippen LogP contribution in [-0.2, 0) is 9.53 Å². The molecule has 6 nitrogen and oxygen atoms in total. The Kier molecular flexibility index (Phi) is 4.41. The molecule has 0 bridgehead atoms. The van der Waals surface area contributed by atoms with Crippen molar-refractivity contribution in [1.82, 2.24) is 9.61 Å². The lowest BCUT2D eigenvalue weighted by Gasteiger charge is -2.17. The summed E-state index contributed by atoms with van der Waals surface area (Å²) in [5.41, 5.74) is 1.66. The summed E-state index contributed by atoms with van der Waals surface area (Å²) >= 11 is 0. The minimum atomic E-state index is -0.414. The fourth-order valence-electron chi connectivity index (χ4n) is 2.70. The second kappa shape index (κ2) is 6.64. The van der Waals surface area contributed by atoms with Gasteiger partial charge in [-0.25, -0.2) is 9.31 Å². The molecular formula is C17H19N3O3. The van der Waals surface area contributed by atoms with Gasteiger partial charge in [0.15, 0.2) is 0 Å². The minimum absolute atomic E-state index is 0.00524. The second-order valence-corrected chi connectivity index (χ2v) is 5.49. The van der Waals surface area contributed by atoms with Gasteiger partial charge in [-0.3, -0.25) is 4.79 Å². The number of carbonyl (C=O) groups is 2. The average molecular weight is 313 g/mol. The molecule has 3 rings (SSSR count). The Labute approximate surface area is 134 Å². The molecule has 1 atom stereocenters. The van der Waals surface area contributed by atoms with Crippen LogP contribution in [0.3, 0.4) is 0 Å². The summed E-state index contributed by atoms with van der Waals surface area (Å²) in [4.78, 5) is 24.2. The Morgan fingerprint density at radius 2 is 2.30 bits per heavy atom. The van der Waals surface area contributed by atoms with E-state index >= 15 is 0 Å². The average Bonchev–Trinajstić information content (AvgIpc) is 2.99. The molecule has 120 valence electrons. The Morgan fingerprint density at radius 3 is 3.04 bits per heavy atom. The van der Waals surface area contributed by atoms with Crippen molar-refractivity contribution < 1.29 is 14.3 Å². The maximum atomic E-state index is 12.3. The standard InChI is InChI=1S/C17H19N3O3/c1-2-23-17(22)14-11-18-20-9-8-13(10-15(14)20)19-16(21)12-6-4-3-5-7-12/h3-4,8-12H,2,5-7H2,1H3,(H,19,21)/t12-/m0/s1. The largest absolute Gasteiger partial charge is 0.462 e. The van der Waals surface area contributed by atoms with Gasteiger partial charge in [-0.2, -0.15) is 5.10 Å². The number of fused-ring (bicyclic) bond motifs is 1. The number of hydrogen-bond acceptors (Lipinski definition) is 4. The van der Waals surface area contributed by atoms with Gasteiger partial charge in [0.2, 0.25) is 5.91 Å². The Hall–Kier alpha value is -2.63. The highest BCUT2D eigenvalue weighted by Gasteiger charge is 2.19.